The van der Waals surface area contributed by atoms with Gasteiger partial charge in [-0.1, -0.05) is 47.2 Å². The normalized spacial score (nSPS) is 15.6. The van der Waals surface area contributed by atoms with E-state index in [2.05, 4.69) is 15.5 Å². The molecule has 1 aromatic heterocycles. The Kier molecular flexibility index (Phi) is 6.83. The zero-order chi connectivity index (χ0) is 23.5. The topological polar surface area (TPSA) is 80.1 Å². The lowest BCUT2D eigenvalue weighted by molar-refractivity contribution is -0.113. The molecule has 1 fully saturated rings. The van der Waals surface area contributed by atoms with E-state index in [4.69, 9.17) is 0 Å². The van der Waals surface area contributed by atoms with Crippen LogP contribution in [0.1, 0.15) is 51.8 Å². The van der Waals surface area contributed by atoms with Crippen LogP contribution in [0.4, 0.5) is 5.69 Å². The molecule has 1 atom stereocenters. The van der Waals surface area contributed by atoms with Crippen LogP contribution < -0.4 is 5.32 Å². The van der Waals surface area contributed by atoms with Crippen LogP contribution in [-0.4, -0.2) is 43.8 Å². The average molecular weight is 464 g/mol. The van der Waals surface area contributed by atoms with Crippen LogP contribution >= 0.6 is 11.8 Å². The number of nitrogens with zero attached hydrogens (tertiary/aromatic N) is 4. The Bertz CT molecular complexity index is 1190. The highest BCUT2D eigenvalue weighted by Crippen LogP contribution is 2.33. The molecule has 2 amide bonds. The first-order chi connectivity index (χ1) is 15.8. The first-order valence-electron chi connectivity index (χ1n) is 11.1. The Hall–Kier alpha value is -3.13. The molecular weight excluding hydrogens is 434 g/mol. The summed E-state index contributed by atoms with van der Waals surface area (Å²) in [6.07, 6.45) is 1.78. The summed E-state index contributed by atoms with van der Waals surface area (Å²) in [6.45, 7) is 6.70. The van der Waals surface area contributed by atoms with Crippen molar-refractivity contribution in [1.82, 2.24) is 19.7 Å². The fraction of sp³-hybridized carbons (Fsp3) is 0.360. The van der Waals surface area contributed by atoms with E-state index in [1.54, 1.807) is 0 Å². The molecule has 0 bridgehead atoms. The number of amides is 2. The highest BCUT2D eigenvalue weighted by atomic mass is 32.2. The van der Waals surface area contributed by atoms with Crippen molar-refractivity contribution < 1.29 is 9.59 Å². The van der Waals surface area contributed by atoms with E-state index in [9.17, 15) is 9.59 Å². The Balaban J connectivity index is 1.42. The zero-order valence-electron chi connectivity index (χ0n) is 19.5. The highest BCUT2D eigenvalue weighted by molar-refractivity contribution is 7.99. The molecule has 0 saturated carbocycles. The van der Waals surface area contributed by atoms with E-state index < -0.39 is 0 Å². The van der Waals surface area contributed by atoms with Gasteiger partial charge >= 0.3 is 0 Å². The predicted octanol–water partition coefficient (Wildman–Crippen LogP) is 4.45. The number of carbonyl (C=O) groups is 2. The quantitative estimate of drug-likeness (QED) is 0.547. The van der Waals surface area contributed by atoms with Crippen LogP contribution in [0.2, 0.25) is 0 Å². The van der Waals surface area contributed by atoms with Crippen molar-refractivity contribution in [3.8, 4) is 0 Å². The number of nitrogens with one attached hydrogen (secondary N) is 1. The van der Waals surface area contributed by atoms with E-state index >= 15 is 0 Å². The third kappa shape index (κ3) is 5.11. The van der Waals surface area contributed by atoms with Gasteiger partial charge in [-0.05, 0) is 57.4 Å². The maximum absolute atomic E-state index is 13.1. The summed E-state index contributed by atoms with van der Waals surface area (Å²) < 4.78 is 1.90. The lowest BCUT2D eigenvalue weighted by Gasteiger charge is -2.24. The third-order valence-corrected chi connectivity index (χ3v) is 6.95. The van der Waals surface area contributed by atoms with Crippen LogP contribution in [0, 0.1) is 20.8 Å². The molecule has 0 radical (unpaired) electrons. The predicted molar refractivity (Wildman–Crippen MR) is 130 cm³/mol. The molecular formula is C25H29N5O2S. The number of hydrogen-bond donors (Lipinski definition) is 1. The molecule has 2 aromatic carbocycles. The first-order valence-corrected chi connectivity index (χ1v) is 12.1. The molecule has 2 heterocycles. The number of aromatic nitrogens is 3. The zero-order valence-corrected chi connectivity index (χ0v) is 20.3. The van der Waals surface area contributed by atoms with Crippen molar-refractivity contribution in [2.45, 2.75) is 44.8 Å². The lowest BCUT2D eigenvalue weighted by atomic mass is 10.1. The maximum atomic E-state index is 13.1. The minimum Gasteiger partial charge on any atom is -0.328 e. The van der Waals surface area contributed by atoms with Gasteiger partial charge in [0, 0.05) is 24.8 Å². The molecule has 0 spiro atoms. The first kappa shape index (κ1) is 23.0. The summed E-state index contributed by atoms with van der Waals surface area (Å²) in [5.41, 5.74) is 4.78. The molecule has 1 unspecified atom stereocenters. The summed E-state index contributed by atoms with van der Waals surface area (Å²) in [4.78, 5) is 27.5. The van der Waals surface area contributed by atoms with Crippen LogP contribution in [0.5, 0.6) is 0 Å². The minimum absolute atomic E-state index is 0.0197. The number of hydrogen-bond acceptors (Lipinski definition) is 5. The summed E-state index contributed by atoms with van der Waals surface area (Å²) in [5, 5.41) is 12.3. The molecule has 7 nitrogen and oxygen atoms in total. The Morgan fingerprint density at radius 2 is 1.88 bits per heavy atom. The standard InChI is InChI=1S/C25H29N5O2S/c1-16-7-5-8-19(14-16)24(32)30-12-6-9-21(30)23-27-28-25(29(23)4)33-15-22(31)26-20-11-10-17(2)13-18(20)3/h5,7-8,10-11,13-14,21H,6,9,12,15H2,1-4H3,(H,26,31). The largest absolute Gasteiger partial charge is 0.328 e. The van der Waals surface area contributed by atoms with Crippen molar-refractivity contribution >= 4 is 29.3 Å². The van der Waals surface area contributed by atoms with Gasteiger partial charge in [0.15, 0.2) is 11.0 Å². The van der Waals surface area contributed by atoms with Gasteiger partial charge in [0.2, 0.25) is 5.91 Å². The van der Waals surface area contributed by atoms with Crippen molar-refractivity contribution in [3.63, 3.8) is 0 Å². The third-order valence-electron chi connectivity index (χ3n) is 5.93. The second kappa shape index (κ2) is 9.79. The Morgan fingerprint density at radius 3 is 2.64 bits per heavy atom. The number of thioether (sulfide) groups is 1. The SMILES string of the molecule is Cc1cccc(C(=O)N2CCCC2c2nnc(SCC(=O)Nc3ccc(C)cc3C)n2C)c1. The van der Waals surface area contributed by atoms with Gasteiger partial charge in [-0.15, -0.1) is 10.2 Å². The number of likely N-dealkylation sites (tertiary alicyclic amines) is 1. The van der Waals surface area contributed by atoms with Crippen LogP contribution in [0.3, 0.4) is 0 Å². The summed E-state index contributed by atoms with van der Waals surface area (Å²) in [6, 6.07) is 13.5. The molecule has 8 heteroatoms. The minimum atomic E-state index is -0.117. The lowest BCUT2D eigenvalue weighted by Crippen LogP contribution is -2.32. The van der Waals surface area contributed by atoms with Gasteiger partial charge in [-0.25, -0.2) is 0 Å². The fourth-order valence-corrected chi connectivity index (χ4v) is 4.95. The van der Waals surface area contributed by atoms with E-state index in [-0.39, 0.29) is 23.6 Å². The molecule has 4 rings (SSSR count). The molecule has 0 aliphatic carbocycles. The van der Waals surface area contributed by atoms with Gasteiger partial charge < -0.3 is 14.8 Å². The second-order valence-electron chi connectivity index (χ2n) is 8.58. The van der Waals surface area contributed by atoms with Crippen LogP contribution in [0.25, 0.3) is 0 Å². The van der Waals surface area contributed by atoms with Gasteiger partial charge in [-0.3, -0.25) is 9.59 Å². The van der Waals surface area contributed by atoms with Crippen molar-refractivity contribution in [2.24, 2.45) is 7.05 Å². The number of benzene rings is 2. The summed E-state index contributed by atoms with van der Waals surface area (Å²) in [5.74, 6) is 0.918. The van der Waals surface area contributed by atoms with Crippen molar-refractivity contribution in [2.75, 3.05) is 17.6 Å². The highest BCUT2D eigenvalue weighted by Gasteiger charge is 2.34. The van der Waals surface area contributed by atoms with Gasteiger partial charge in [0.05, 0.1) is 11.8 Å². The molecule has 1 aliphatic heterocycles. The van der Waals surface area contributed by atoms with Crippen LogP contribution in [0.15, 0.2) is 47.6 Å². The van der Waals surface area contributed by atoms with E-state index in [1.807, 2.05) is 79.8 Å². The average Bonchev–Trinajstić information content (AvgIpc) is 3.40. The Labute approximate surface area is 198 Å². The molecule has 1 aliphatic rings. The van der Waals surface area contributed by atoms with E-state index in [0.29, 0.717) is 17.3 Å². The summed E-state index contributed by atoms with van der Waals surface area (Å²) in [7, 11) is 1.90. The fourth-order valence-electron chi connectivity index (χ4n) is 4.23. The molecule has 33 heavy (non-hydrogen) atoms. The van der Waals surface area contributed by atoms with E-state index in [0.717, 1.165) is 41.0 Å². The molecule has 3 aromatic rings. The van der Waals surface area contributed by atoms with Gasteiger partial charge in [0.1, 0.15) is 0 Å². The maximum Gasteiger partial charge on any atom is 0.254 e. The number of aryl methyl sites for hydroxylation is 3. The molecule has 1 saturated heterocycles. The van der Waals surface area contributed by atoms with E-state index in [1.165, 1.54) is 11.8 Å². The summed E-state index contributed by atoms with van der Waals surface area (Å²) >= 11 is 1.34. The smallest absolute Gasteiger partial charge is 0.254 e. The molecule has 1 N–H and O–H groups in total. The second-order valence-corrected chi connectivity index (χ2v) is 9.52. The van der Waals surface area contributed by atoms with Crippen LogP contribution in [-0.2, 0) is 11.8 Å². The molecule has 172 valence electrons. The number of rotatable bonds is 6. The van der Waals surface area contributed by atoms with Crippen molar-refractivity contribution in [3.05, 3.63) is 70.5 Å². The van der Waals surface area contributed by atoms with Gasteiger partial charge in [-0.2, -0.15) is 0 Å². The number of carbonyl (C=O) groups excluding carboxylic acids is 2. The van der Waals surface area contributed by atoms with Gasteiger partial charge in [0.25, 0.3) is 5.91 Å². The Morgan fingerprint density at radius 1 is 1.09 bits per heavy atom. The number of anilines is 1. The van der Waals surface area contributed by atoms with Crippen molar-refractivity contribution in [1.29, 1.82) is 0 Å². The monoisotopic (exact) mass is 463 g/mol.